The predicted molar refractivity (Wildman–Crippen MR) is 77.0 cm³/mol. The van der Waals surface area contributed by atoms with Crippen LogP contribution in [-0.2, 0) is 11.0 Å². The molecule has 0 bridgehead atoms. The van der Waals surface area contributed by atoms with Gasteiger partial charge in [0, 0.05) is 25.9 Å². The third-order valence-corrected chi connectivity index (χ3v) is 4.66. The molecule has 0 spiro atoms. The van der Waals surface area contributed by atoms with Crippen molar-refractivity contribution in [1.29, 1.82) is 0 Å². The number of H-pyrrole nitrogens is 1. The molecule has 2 aromatic rings. The number of nitrogens with zero attached hydrogens (tertiary/aromatic N) is 2. The van der Waals surface area contributed by atoms with E-state index in [9.17, 15) is 22.8 Å². The zero-order valence-electron chi connectivity index (χ0n) is 11.8. The van der Waals surface area contributed by atoms with Crippen LogP contribution in [0.3, 0.4) is 0 Å². The summed E-state index contributed by atoms with van der Waals surface area (Å²) in [4.78, 5) is 26.0. The minimum absolute atomic E-state index is 0.136. The van der Waals surface area contributed by atoms with Crippen molar-refractivity contribution in [2.45, 2.75) is 19.0 Å². The van der Waals surface area contributed by atoms with Gasteiger partial charge in [-0.05, 0) is 18.2 Å². The molecule has 0 saturated carbocycles. The highest BCUT2D eigenvalue weighted by Gasteiger charge is 2.33. The number of aromatic nitrogens is 2. The van der Waals surface area contributed by atoms with E-state index < -0.39 is 11.9 Å². The molecule has 122 valence electrons. The van der Waals surface area contributed by atoms with Crippen LogP contribution < -0.4 is 0 Å². The fraction of sp³-hybridized carbons (Fsp3) is 0.357. The molecule has 0 aliphatic carbocycles. The van der Waals surface area contributed by atoms with Gasteiger partial charge >= 0.3 is 6.18 Å². The molecular formula is C14H12F3N3O2S. The Hall–Kier alpha value is -2.16. The second-order valence-electron chi connectivity index (χ2n) is 5.16. The molecule has 1 amide bonds. The van der Waals surface area contributed by atoms with Crippen LogP contribution in [0.1, 0.15) is 28.2 Å². The van der Waals surface area contributed by atoms with E-state index in [2.05, 4.69) is 5.10 Å². The highest BCUT2D eigenvalue weighted by Crippen LogP contribution is 2.33. The Balaban J connectivity index is 1.76. The van der Waals surface area contributed by atoms with Gasteiger partial charge in [0.1, 0.15) is 17.2 Å². The molecule has 23 heavy (non-hydrogen) atoms. The number of likely N-dealkylation sites (tertiary alicyclic amines) is 1. The zero-order valence-corrected chi connectivity index (χ0v) is 12.6. The third-order valence-electron chi connectivity index (χ3n) is 3.56. The van der Waals surface area contributed by atoms with Crippen LogP contribution in [0.4, 0.5) is 13.2 Å². The number of ketones is 1. The third kappa shape index (κ3) is 3.29. The van der Waals surface area contributed by atoms with Crippen molar-refractivity contribution in [2.75, 3.05) is 13.1 Å². The van der Waals surface area contributed by atoms with E-state index in [0.29, 0.717) is 35.7 Å². The first kappa shape index (κ1) is 15.7. The summed E-state index contributed by atoms with van der Waals surface area (Å²) in [5, 5.41) is 5.59. The Kier molecular flexibility index (Phi) is 3.97. The maximum atomic E-state index is 12.6. The van der Waals surface area contributed by atoms with Gasteiger partial charge in [-0.3, -0.25) is 14.7 Å². The van der Waals surface area contributed by atoms with Gasteiger partial charge in [0.2, 0.25) is 0 Å². The Morgan fingerprint density at radius 2 is 1.96 bits per heavy atom. The number of rotatable bonds is 2. The van der Waals surface area contributed by atoms with Crippen LogP contribution in [0.25, 0.3) is 10.6 Å². The Morgan fingerprint density at radius 3 is 2.57 bits per heavy atom. The van der Waals surface area contributed by atoms with Crippen LogP contribution in [-0.4, -0.2) is 39.9 Å². The number of Topliss-reactive ketones (excluding diaryl/α,β-unsaturated/α-hetero) is 1. The number of carbonyl (C=O) groups excluding carboxylic acids is 2. The van der Waals surface area contributed by atoms with E-state index in [1.807, 2.05) is 5.10 Å². The number of thiophene rings is 1. The summed E-state index contributed by atoms with van der Waals surface area (Å²) in [5.41, 5.74) is -0.779. The molecular weight excluding hydrogens is 331 g/mol. The number of alkyl halides is 3. The predicted octanol–water partition coefficient (Wildman–Crippen LogP) is 2.96. The summed E-state index contributed by atoms with van der Waals surface area (Å²) in [5.74, 6) is -0.0718. The molecule has 0 unspecified atom stereocenters. The van der Waals surface area contributed by atoms with Gasteiger partial charge in [0.25, 0.3) is 5.91 Å². The molecule has 1 aliphatic rings. The quantitative estimate of drug-likeness (QED) is 0.912. The fourth-order valence-corrected chi connectivity index (χ4v) is 3.23. The molecule has 9 heteroatoms. The number of aromatic amines is 1. The lowest BCUT2D eigenvalue weighted by atomic mass is 10.1. The van der Waals surface area contributed by atoms with Crippen LogP contribution in [0.5, 0.6) is 0 Å². The Bertz CT molecular complexity index is 741. The normalized spacial score (nSPS) is 16.0. The van der Waals surface area contributed by atoms with E-state index in [1.54, 1.807) is 17.0 Å². The number of nitrogens with one attached hydrogen (secondary N) is 1. The number of piperidine rings is 1. The number of hydrogen-bond acceptors (Lipinski definition) is 4. The monoisotopic (exact) mass is 343 g/mol. The topological polar surface area (TPSA) is 66.1 Å². The van der Waals surface area contributed by atoms with E-state index in [-0.39, 0.29) is 17.4 Å². The Morgan fingerprint density at radius 1 is 1.26 bits per heavy atom. The molecule has 0 aromatic carbocycles. The van der Waals surface area contributed by atoms with E-state index in [0.717, 1.165) is 17.4 Å². The maximum absolute atomic E-state index is 12.6. The minimum atomic E-state index is -4.48. The van der Waals surface area contributed by atoms with E-state index >= 15 is 0 Å². The van der Waals surface area contributed by atoms with Gasteiger partial charge in [-0.25, -0.2) is 0 Å². The molecule has 0 radical (unpaired) electrons. The van der Waals surface area contributed by atoms with Crippen LogP contribution in [0.2, 0.25) is 0 Å². The summed E-state index contributed by atoms with van der Waals surface area (Å²) in [7, 11) is 0. The maximum Gasteiger partial charge on any atom is 0.432 e. The summed E-state index contributed by atoms with van der Waals surface area (Å²) in [6, 6.07) is 4.06. The van der Waals surface area contributed by atoms with E-state index in [4.69, 9.17) is 0 Å². The second kappa shape index (κ2) is 5.80. The number of amides is 1. The summed E-state index contributed by atoms with van der Waals surface area (Å²) in [6.07, 6.45) is -3.79. The number of halogens is 3. The summed E-state index contributed by atoms with van der Waals surface area (Å²) >= 11 is 1.09. The SMILES string of the molecule is O=C1CCN(C(=O)c2ccc(-c3cc(C(F)(F)F)[nH]n3)s2)CC1. The fourth-order valence-electron chi connectivity index (χ4n) is 2.30. The first-order chi connectivity index (χ1) is 10.8. The summed E-state index contributed by atoms with van der Waals surface area (Å²) < 4.78 is 37.7. The van der Waals surface area contributed by atoms with Crippen molar-refractivity contribution >= 4 is 23.0 Å². The largest absolute Gasteiger partial charge is 0.432 e. The molecule has 1 saturated heterocycles. The van der Waals surface area contributed by atoms with Crippen molar-refractivity contribution < 1.29 is 22.8 Å². The van der Waals surface area contributed by atoms with Crippen LogP contribution in [0.15, 0.2) is 18.2 Å². The van der Waals surface area contributed by atoms with Gasteiger partial charge in [0.05, 0.1) is 9.75 Å². The van der Waals surface area contributed by atoms with Gasteiger partial charge in [-0.15, -0.1) is 11.3 Å². The van der Waals surface area contributed by atoms with Gasteiger partial charge in [-0.2, -0.15) is 18.3 Å². The first-order valence-corrected chi connectivity index (χ1v) is 7.70. The zero-order chi connectivity index (χ0) is 16.6. The standard InChI is InChI=1S/C14H12F3N3O2S/c15-14(16,17)12-7-9(18-19-12)10-1-2-11(23-10)13(22)20-5-3-8(21)4-6-20/h1-2,7H,3-6H2,(H,18,19). The smallest absolute Gasteiger partial charge is 0.337 e. The molecule has 1 aliphatic heterocycles. The Labute approximate surface area is 133 Å². The number of carbonyl (C=O) groups is 2. The lowest BCUT2D eigenvalue weighted by molar-refractivity contribution is -0.141. The van der Waals surface area contributed by atoms with Crippen molar-refractivity contribution in [3.8, 4) is 10.6 Å². The van der Waals surface area contributed by atoms with Crippen LogP contribution >= 0.6 is 11.3 Å². The van der Waals surface area contributed by atoms with Crippen molar-refractivity contribution in [3.63, 3.8) is 0 Å². The second-order valence-corrected chi connectivity index (χ2v) is 6.24. The van der Waals surface area contributed by atoms with Gasteiger partial charge in [-0.1, -0.05) is 0 Å². The van der Waals surface area contributed by atoms with Crippen molar-refractivity contribution in [2.24, 2.45) is 0 Å². The molecule has 3 rings (SSSR count). The highest BCUT2D eigenvalue weighted by molar-refractivity contribution is 7.17. The molecule has 3 heterocycles. The highest BCUT2D eigenvalue weighted by atomic mass is 32.1. The molecule has 5 nitrogen and oxygen atoms in total. The number of hydrogen-bond donors (Lipinski definition) is 1. The lowest BCUT2D eigenvalue weighted by Gasteiger charge is -2.25. The van der Waals surface area contributed by atoms with Crippen molar-refractivity contribution in [1.82, 2.24) is 15.1 Å². The molecule has 2 aromatic heterocycles. The first-order valence-electron chi connectivity index (χ1n) is 6.88. The van der Waals surface area contributed by atoms with Gasteiger partial charge in [0.15, 0.2) is 0 Å². The van der Waals surface area contributed by atoms with Crippen molar-refractivity contribution in [3.05, 3.63) is 28.8 Å². The molecule has 1 fully saturated rings. The molecule has 1 N–H and O–H groups in total. The molecule has 0 atom stereocenters. The average molecular weight is 343 g/mol. The minimum Gasteiger partial charge on any atom is -0.337 e. The van der Waals surface area contributed by atoms with Gasteiger partial charge < -0.3 is 4.90 Å². The van der Waals surface area contributed by atoms with E-state index in [1.165, 1.54) is 0 Å². The van der Waals surface area contributed by atoms with Crippen LogP contribution in [0, 0.1) is 0 Å². The average Bonchev–Trinajstić information content (AvgIpc) is 3.16. The summed E-state index contributed by atoms with van der Waals surface area (Å²) in [6.45, 7) is 0.761. The lowest BCUT2D eigenvalue weighted by Crippen LogP contribution is -2.38.